The zero-order valence-corrected chi connectivity index (χ0v) is 15.7. The van der Waals surface area contributed by atoms with Crippen molar-refractivity contribution in [3.05, 3.63) is 35.9 Å². The first kappa shape index (κ1) is 18.7. The Balaban J connectivity index is 1.80. The second-order valence-corrected chi connectivity index (χ2v) is 7.15. The van der Waals surface area contributed by atoms with E-state index in [-0.39, 0.29) is 12.1 Å². The van der Waals surface area contributed by atoms with Crippen molar-refractivity contribution >= 4 is 11.5 Å². The van der Waals surface area contributed by atoms with Crippen LogP contribution in [0.5, 0.6) is 0 Å². The van der Waals surface area contributed by atoms with E-state index in [0.29, 0.717) is 0 Å². The van der Waals surface area contributed by atoms with Crippen LogP contribution in [0.2, 0.25) is 0 Å². The summed E-state index contributed by atoms with van der Waals surface area (Å²) in [5.74, 6) is 1.82. The average Bonchev–Trinajstić information content (AvgIpc) is 2.64. The number of hydrogen-bond acceptors (Lipinski definition) is 6. The van der Waals surface area contributed by atoms with Gasteiger partial charge in [0.25, 0.3) is 0 Å². The molecule has 0 saturated heterocycles. The molecule has 2 aliphatic heterocycles. The van der Waals surface area contributed by atoms with Gasteiger partial charge < -0.3 is 21.1 Å². The monoisotopic (exact) mass is 357 g/mol. The van der Waals surface area contributed by atoms with Crippen LogP contribution in [0.1, 0.15) is 57.6 Å². The van der Waals surface area contributed by atoms with E-state index in [0.717, 1.165) is 81.1 Å². The van der Waals surface area contributed by atoms with E-state index < -0.39 is 0 Å². The number of guanidine groups is 1. The minimum absolute atomic E-state index is 0.130. The first-order valence-corrected chi connectivity index (χ1v) is 9.89. The molecule has 0 fully saturated rings. The lowest BCUT2D eigenvalue weighted by molar-refractivity contribution is 0.147. The van der Waals surface area contributed by atoms with Crippen molar-refractivity contribution in [2.75, 3.05) is 13.1 Å². The fourth-order valence-electron chi connectivity index (χ4n) is 3.53. The largest absolute Gasteiger partial charge is 0.393 e. The van der Waals surface area contributed by atoms with Crippen molar-refractivity contribution in [1.82, 2.24) is 20.9 Å². The Morgan fingerprint density at radius 3 is 2.73 bits per heavy atom. The molecule has 6 nitrogen and oxygen atoms in total. The minimum Gasteiger partial charge on any atom is -0.393 e. The van der Waals surface area contributed by atoms with E-state index in [9.17, 15) is 5.11 Å². The lowest BCUT2D eigenvalue weighted by Crippen LogP contribution is -2.51. The molecule has 142 valence electrons. The number of pyridine rings is 1. The summed E-state index contributed by atoms with van der Waals surface area (Å²) in [6.45, 7) is 3.81. The van der Waals surface area contributed by atoms with Crippen LogP contribution in [0.3, 0.4) is 0 Å². The van der Waals surface area contributed by atoms with Crippen molar-refractivity contribution in [2.45, 2.75) is 64.0 Å². The summed E-state index contributed by atoms with van der Waals surface area (Å²) >= 11 is 0. The van der Waals surface area contributed by atoms with Crippen molar-refractivity contribution in [3.8, 4) is 0 Å². The Bertz CT molecular complexity index is 628. The van der Waals surface area contributed by atoms with E-state index in [1.165, 1.54) is 0 Å². The number of nitrogens with one attached hydrogen (secondary N) is 3. The van der Waals surface area contributed by atoms with Crippen molar-refractivity contribution in [1.29, 1.82) is 0 Å². The zero-order valence-electron chi connectivity index (χ0n) is 15.7. The maximum absolute atomic E-state index is 10.1. The molecule has 3 rings (SSSR count). The Morgan fingerprint density at radius 1 is 1.08 bits per heavy atom. The average molecular weight is 358 g/mol. The molecular formula is C20H31N5O. The van der Waals surface area contributed by atoms with E-state index in [1.54, 1.807) is 0 Å². The molecule has 1 aromatic rings. The van der Waals surface area contributed by atoms with Crippen LogP contribution in [0.25, 0.3) is 5.57 Å². The Kier molecular flexibility index (Phi) is 6.89. The fraction of sp³-hybridized carbons (Fsp3) is 0.600. The number of rotatable bonds is 1. The number of aliphatic imine (C=N–C) groups is 1. The highest BCUT2D eigenvalue weighted by atomic mass is 16.3. The predicted octanol–water partition coefficient (Wildman–Crippen LogP) is 2.38. The van der Waals surface area contributed by atoms with E-state index in [1.807, 2.05) is 24.4 Å². The van der Waals surface area contributed by atoms with Crippen molar-refractivity contribution in [2.24, 2.45) is 4.99 Å². The van der Waals surface area contributed by atoms with Crippen LogP contribution >= 0.6 is 0 Å². The lowest BCUT2D eigenvalue weighted by Gasteiger charge is -2.30. The smallest absolute Gasteiger partial charge is 0.197 e. The summed E-state index contributed by atoms with van der Waals surface area (Å²) in [6, 6.07) is 6.12. The van der Waals surface area contributed by atoms with Gasteiger partial charge in [-0.25, -0.2) is 0 Å². The Labute approximate surface area is 156 Å². The fourth-order valence-corrected chi connectivity index (χ4v) is 3.53. The summed E-state index contributed by atoms with van der Waals surface area (Å²) in [6.07, 6.45) is 8.78. The molecular weight excluding hydrogens is 326 g/mol. The van der Waals surface area contributed by atoms with Crippen molar-refractivity contribution in [3.63, 3.8) is 0 Å². The highest BCUT2D eigenvalue weighted by Gasteiger charge is 2.24. The third-order valence-corrected chi connectivity index (χ3v) is 4.97. The molecule has 2 bridgehead atoms. The summed E-state index contributed by atoms with van der Waals surface area (Å²) < 4.78 is 0. The molecule has 3 heterocycles. The van der Waals surface area contributed by atoms with Crippen LogP contribution in [-0.4, -0.2) is 41.3 Å². The first-order valence-electron chi connectivity index (χ1n) is 9.89. The molecule has 2 unspecified atom stereocenters. The number of aliphatic hydroxyl groups is 1. The molecule has 2 aliphatic rings. The third-order valence-electron chi connectivity index (χ3n) is 4.97. The number of aliphatic hydroxyl groups excluding tert-OH is 1. The van der Waals surface area contributed by atoms with Gasteiger partial charge in [-0.05, 0) is 51.2 Å². The Hall–Kier alpha value is -2.08. The summed E-state index contributed by atoms with van der Waals surface area (Å²) in [7, 11) is 0. The summed E-state index contributed by atoms with van der Waals surface area (Å²) in [4.78, 5) is 9.22. The van der Waals surface area contributed by atoms with Gasteiger partial charge in [-0.2, -0.15) is 0 Å². The van der Waals surface area contributed by atoms with Gasteiger partial charge in [0.2, 0.25) is 0 Å². The molecule has 0 saturated carbocycles. The first-order chi connectivity index (χ1) is 12.7. The van der Waals surface area contributed by atoms with Crippen LogP contribution in [0.15, 0.2) is 35.2 Å². The number of aromatic nitrogens is 1. The highest BCUT2D eigenvalue weighted by Crippen LogP contribution is 2.21. The number of fused-ring (bicyclic) bond motifs is 2. The molecule has 0 spiro atoms. The molecule has 0 aromatic carbocycles. The summed E-state index contributed by atoms with van der Waals surface area (Å²) in [5.41, 5.74) is 2.10. The zero-order chi connectivity index (χ0) is 18.2. The molecule has 0 radical (unpaired) electrons. The molecule has 0 aliphatic carbocycles. The van der Waals surface area contributed by atoms with Gasteiger partial charge in [-0.15, -0.1) is 0 Å². The Morgan fingerprint density at radius 2 is 1.92 bits per heavy atom. The maximum Gasteiger partial charge on any atom is 0.197 e. The third kappa shape index (κ3) is 5.21. The van der Waals surface area contributed by atoms with Gasteiger partial charge in [0.15, 0.2) is 5.96 Å². The number of nitrogens with zero attached hydrogens (tertiary/aromatic N) is 2. The SMILES string of the molecule is CC1NC2=NCCCCCC(O)CCCCNC(=C1c1ccccn1)N2. The van der Waals surface area contributed by atoms with Crippen LogP contribution in [0.4, 0.5) is 0 Å². The maximum atomic E-state index is 10.1. The molecule has 26 heavy (non-hydrogen) atoms. The highest BCUT2D eigenvalue weighted by molar-refractivity contribution is 5.89. The van der Waals surface area contributed by atoms with Crippen molar-refractivity contribution < 1.29 is 5.11 Å². The quantitative estimate of drug-likeness (QED) is 0.620. The lowest BCUT2D eigenvalue weighted by atomic mass is 10.0. The predicted molar refractivity (Wildman–Crippen MR) is 106 cm³/mol. The molecule has 2 atom stereocenters. The van der Waals surface area contributed by atoms with Crippen LogP contribution in [0, 0.1) is 0 Å². The van der Waals surface area contributed by atoms with E-state index in [2.05, 4.69) is 32.9 Å². The molecule has 6 heteroatoms. The molecule has 4 N–H and O–H groups in total. The van der Waals surface area contributed by atoms with Gasteiger partial charge in [0.05, 0.1) is 17.8 Å². The minimum atomic E-state index is -0.159. The van der Waals surface area contributed by atoms with E-state index in [4.69, 9.17) is 0 Å². The van der Waals surface area contributed by atoms with Crippen LogP contribution < -0.4 is 16.0 Å². The topological polar surface area (TPSA) is 81.6 Å². The second-order valence-electron chi connectivity index (χ2n) is 7.15. The molecule has 1 aromatic heterocycles. The van der Waals surface area contributed by atoms with Gasteiger partial charge in [0, 0.05) is 24.9 Å². The second kappa shape index (κ2) is 9.57. The number of hydrogen-bond donors (Lipinski definition) is 4. The molecule has 0 amide bonds. The van der Waals surface area contributed by atoms with E-state index >= 15 is 0 Å². The van der Waals surface area contributed by atoms with Gasteiger partial charge in [-0.3, -0.25) is 9.98 Å². The van der Waals surface area contributed by atoms with Gasteiger partial charge in [-0.1, -0.05) is 18.9 Å². The summed E-state index contributed by atoms with van der Waals surface area (Å²) in [5, 5.41) is 20.5. The standard InChI is InChI=1S/C20H31N5O/c1-15-18(17-11-5-8-12-21-17)19-22-13-7-4-10-16(26)9-3-2-6-14-23-20(24-15)25-19/h5,8,11-12,15-16,22,26H,2-4,6-7,9-10,13-14H2,1H3,(H2,23,24,25). The van der Waals surface area contributed by atoms with Crippen LogP contribution in [-0.2, 0) is 0 Å². The van der Waals surface area contributed by atoms with Gasteiger partial charge in [0.1, 0.15) is 5.82 Å². The normalized spacial score (nSPS) is 25.7. The van der Waals surface area contributed by atoms with Gasteiger partial charge >= 0.3 is 0 Å².